The maximum atomic E-state index is 5.83. The zero-order valence-corrected chi connectivity index (χ0v) is 19.2. The van der Waals surface area contributed by atoms with Gasteiger partial charge in [-0.05, 0) is 77.9 Å². The normalized spacial score (nSPS) is 14.5. The van der Waals surface area contributed by atoms with Crippen LogP contribution >= 0.6 is 0 Å². The molecule has 0 spiro atoms. The van der Waals surface area contributed by atoms with Crippen molar-refractivity contribution in [3.63, 3.8) is 0 Å². The predicted octanol–water partition coefficient (Wildman–Crippen LogP) is 8.00. The second kappa shape index (κ2) is 9.95. The molecule has 2 aliphatic rings. The van der Waals surface area contributed by atoms with Crippen LogP contribution in [-0.2, 0) is 6.42 Å². The highest BCUT2D eigenvalue weighted by Crippen LogP contribution is 2.36. The number of nitrogens with two attached hydrogens (primary N) is 1. The molecule has 1 saturated carbocycles. The first-order valence-electron chi connectivity index (χ1n) is 12.2. The largest absolute Gasteiger partial charge is 0.399 e. The van der Waals surface area contributed by atoms with Crippen molar-refractivity contribution in [2.75, 3.05) is 10.6 Å². The lowest BCUT2D eigenvalue weighted by molar-refractivity contribution is 0.436. The Balaban J connectivity index is 0.000000151. The van der Waals surface area contributed by atoms with E-state index in [-0.39, 0.29) is 0 Å². The van der Waals surface area contributed by atoms with E-state index in [4.69, 9.17) is 5.73 Å². The van der Waals surface area contributed by atoms with Crippen LogP contribution in [0.4, 0.5) is 17.1 Å². The molecule has 6 rings (SSSR count). The van der Waals surface area contributed by atoms with E-state index >= 15 is 0 Å². The molecular weight excluding hydrogens is 400 g/mol. The maximum absolute atomic E-state index is 5.83. The number of nitrogen functional groups attached to an aromatic ring is 1. The molecular formula is C31H32N2. The molecule has 4 aromatic carbocycles. The van der Waals surface area contributed by atoms with Crippen molar-refractivity contribution in [1.82, 2.24) is 0 Å². The zero-order valence-electron chi connectivity index (χ0n) is 19.2. The van der Waals surface area contributed by atoms with Gasteiger partial charge in [0.25, 0.3) is 0 Å². The summed E-state index contributed by atoms with van der Waals surface area (Å²) in [5.41, 5.74) is 14.9. The third kappa shape index (κ3) is 4.80. The van der Waals surface area contributed by atoms with E-state index in [1.54, 1.807) is 0 Å². The standard InChI is InChI=1S/C18H22N2.C13H10/c19-15-11-13-18(14-12-15)20(16-7-3-1-4-8-16)17-9-5-2-6-10-17;1-3-7-12-10(5-1)9-11-6-2-4-8-13(11)12/h1,3-4,7-8,11-14,17H,2,5-6,9-10,19H2;1-8H,9H2. The van der Waals surface area contributed by atoms with Crippen LogP contribution in [-0.4, -0.2) is 6.04 Å². The number of hydrogen-bond acceptors (Lipinski definition) is 2. The molecule has 1 fully saturated rings. The fourth-order valence-electron chi connectivity index (χ4n) is 5.21. The van der Waals surface area contributed by atoms with Crippen molar-refractivity contribution in [2.24, 2.45) is 0 Å². The second-order valence-corrected chi connectivity index (χ2v) is 9.08. The molecule has 0 atom stereocenters. The van der Waals surface area contributed by atoms with Crippen molar-refractivity contribution in [2.45, 2.75) is 44.6 Å². The van der Waals surface area contributed by atoms with E-state index in [1.807, 2.05) is 12.1 Å². The zero-order chi connectivity index (χ0) is 22.5. The fourth-order valence-corrected chi connectivity index (χ4v) is 5.21. The lowest BCUT2D eigenvalue weighted by Crippen LogP contribution is -2.32. The van der Waals surface area contributed by atoms with Gasteiger partial charge in [-0.2, -0.15) is 0 Å². The number of hydrogen-bond donors (Lipinski definition) is 1. The van der Waals surface area contributed by atoms with Gasteiger partial charge in [0.15, 0.2) is 0 Å². The third-order valence-electron chi connectivity index (χ3n) is 6.85. The van der Waals surface area contributed by atoms with Crippen LogP contribution in [0, 0.1) is 0 Å². The Labute approximate surface area is 197 Å². The van der Waals surface area contributed by atoms with Crippen LogP contribution in [0.25, 0.3) is 11.1 Å². The molecule has 2 heteroatoms. The summed E-state index contributed by atoms with van der Waals surface area (Å²) in [5, 5.41) is 0. The third-order valence-corrected chi connectivity index (χ3v) is 6.85. The molecule has 2 aliphatic carbocycles. The van der Waals surface area contributed by atoms with E-state index < -0.39 is 0 Å². The van der Waals surface area contributed by atoms with Crippen molar-refractivity contribution >= 4 is 17.1 Å². The number of rotatable bonds is 3. The minimum atomic E-state index is 0.606. The van der Waals surface area contributed by atoms with Gasteiger partial charge < -0.3 is 10.6 Å². The molecule has 0 aromatic heterocycles. The molecule has 2 nitrogen and oxygen atoms in total. The van der Waals surface area contributed by atoms with Crippen molar-refractivity contribution in [3.05, 3.63) is 114 Å². The number of para-hydroxylation sites is 1. The summed E-state index contributed by atoms with van der Waals surface area (Å²) < 4.78 is 0. The molecule has 33 heavy (non-hydrogen) atoms. The van der Waals surface area contributed by atoms with Crippen molar-refractivity contribution in [1.29, 1.82) is 0 Å². The molecule has 166 valence electrons. The van der Waals surface area contributed by atoms with Gasteiger partial charge >= 0.3 is 0 Å². The Hall–Kier alpha value is -3.52. The lowest BCUT2D eigenvalue weighted by Gasteiger charge is -2.36. The Morgan fingerprint density at radius 1 is 0.545 bits per heavy atom. The highest BCUT2D eigenvalue weighted by atomic mass is 15.2. The number of anilines is 3. The summed E-state index contributed by atoms with van der Waals surface area (Å²) >= 11 is 0. The minimum Gasteiger partial charge on any atom is -0.399 e. The summed E-state index contributed by atoms with van der Waals surface area (Å²) in [6.07, 6.45) is 7.71. The predicted molar refractivity (Wildman–Crippen MR) is 141 cm³/mol. The average Bonchev–Trinajstić information content (AvgIpc) is 3.26. The molecule has 0 saturated heterocycles. The van der Waals surface area contributed by atoms with E-state index in [1.165, 1.54) is 65.7 Å². The van der Waals surface area contributed by atoms with E-state index in [9.17, 15) is 0 Å². The molecule has 2 N–H and O–H groups in total. The van der Waals surface area contributed by atoms with Gasteiger partial charge in [0, 0.05) is 23.1 Å². The van der Waals surface area contributed by atoms with Gasteiger partial charge in [0.05, 0.1) is 0 Å². The van der Waals surface area contributed by atoms with Gasteiger partial charge in [-0.25, -0.2) is 0 Å². The SMILES string of the molecule is Nc1ccc(N(c2ccccc2)C2CCCCC2)cc1.c1ccc2c(c1)Cc1ccccc1-2. The first kappa shape index (κ1) is 21.3. The van der Waals surface area contributed by atoms with Crippen LogP contribution in [0.3, 0.4) is 0 Å². The van der Waals surface area contributed by atoms with Crippen LogP contribution < -0.4 is 10.6 Å². The van der Waals surface area contributed by atoms with Gasteiger partial charge in [-0.1, -0.05) is 86.0 Å². The number of fused-ring (bicyclic) bond motifs is 3. The second-order valence-electron chi connectivity index (χ2n) is 9.08. The van der Waals surface area contributed by atoms with Crippen molar-refractivity contribution in [3.8, 4) is 11.1 Å². The summed E-state index contributed by atoms with van der Waals surface area (Å²) in [5.74, 6) is 0. The van der Waals surface area contributed by atoms with Crippen LogP contribution in [0.1, 0.15) is 43.2 Å². The Morgan fingerprint density at radius 3 is 1.67 bits per heavy atom. The molecule has 0 unspecified atom stereocenters. The van der Waals surface area contributed by atoms with Gasteiger partial charge in [-0.15, -0.1) is 0 Å². The summed E-state index contributed by atoms with van der Waals surface area (Å²) in [6, 6.07) is 36.9. The smallest absolute Gasteiger partial charge is 0.0414 e. The van der Waals surface area contributed by atoms with E-state index in [0.717, 1.165) is 12.1 Å². The Morgan fingerprint density at radius 2 is 1.06 bits per heavy atom. The lowest BCUT2D eigenvalue weighted by atomic mass is 9.93. The summed E-state index contributed by atoms with van der Waals surface area (Å²) in [4.78, 5) is 2.48. The Kier molecular flexibility index (Phi) is 6.44. The average molecular weight is 433 g/mol. The van der Waals surface area contributed by atoms with E-state index in [2.05, 4.69) is 95.9 Å². The fraction of sp³-hybridized carbons (Fsp3) is 0.226. The quantitative estimate of drug-likeness (QED) is 0.293. The number of nitrogens with zero attached hydrogens (tertiary/aromatic N) is 1. The summed E-state index contributed by atoms with van der Waals surface area (Å²) in [6.45, 7) is 0. The molecule has 0 bridgehead atoms. The number of benzene rings is 4. The topological polar surface area (TPSA) is 29.3 Å². The van der Waals surface area contributed by atoms with Crippen LogP contribution in [0.5, 0.6) is 0 Å². The van der Waals surface area contributed by atoms with Crippen LogP contribution in [0.15, 0.2) is 103 Å². The maximum Gasteiger partial charge on any atom is 0.0414 e. The van der Waals surface area contributed by atoms with Crippen LogP contribution in [0.2, 0.25) is 0 Å². The van der Waals surface area contributed by atoms with Gasteiger partial charge in [-0.3, -0.25) is 0 Å². The minimum absolute atomic E-state index is 0.606. The van der Waals surface area contributed by atoms with Crippen molar-refractivity contribution < 1.29 is 0 Å². The van der Waals surface area contributed by atoms with Gasteiger partial charge in [0.2, 0.25) is 0 Å². The van der Waals surface area contributed by atoms with Gasteiger partial charge in [0.1, 0.15) is 0 Å². The molecule has 4 aromatic rings. The Bertz CT molecular complexity index is 1130. The molecule has 0 radical (unpaired) electrons. The summed E-state index contributed by atoms with van der Waals surface area (Å²) in [7, 11) is 0. The molecule has 0 amide bonds. The first-order valence-corrected chi connectivity index (χ1v) is 12.2. The van der Waals surface area contributed by atoms with E-state index in [0.29, 0.717) is 6.04 Å². The highest BCUT2D eigenvalue weighted by Gasteiger charge is 2.22. The molecule has 0 heterocycles. The first-order chi connectivity index (χ1) is 16.3. The molecule has 0 aliphatic heterocycles. The monoisotopic (exact) mass is 432 g/mol. The highest BCUT2D eigenvalue weighted by molar-refractivity contribution is 5.76.